The molecule has 1 aliphatic heterocycles. The zero-order chi connectivity index (χ0) is 15.2. The van der Waals surface area contributed by atoms with E-state index in [-0.39, 0.29) is 11.9 Å². The standard InChI is InChI=1S/C17H27N3O/c1-13-12-15(10-11-20(13)2)19-17(21)9-8-16(18)14-6-4-3-5-7-14/h3-7,13,15-16H,8-12,18H2,1-2H3,(H,19,21). The molecule has 0 saturated carbocycles. The molecule has 0 aromatic heterocycles. The molecule has 0 bridgehead atoms. The summed E-state index contributed by atoms with van der Waals surface area (Å²) in [6.45, 7) is 3.26. The molecule has 1 amide bonds. The predicted molar refractivity (Wildman–Crippen MR) is 85.9 cm³/mol. The largest absolute Gasteiger partial charge is 0.353 e. The third-order valence-corrected chi connectivity index (χ3v) is 4.48. The minimum Gasteiger partial charge on any atom is -0.353 e. The molecule has 1 aliphatic rings. The van der Waals surface area contributed by atoms with Crippen molar-refractivity contribution in [3.63, 3.8) is 0 Å². The lowest BCUT2D eigenvalue weighted by molar-refractivity contribution is -0.122. The third kappa shape index (κ3) is 4.83. The number of nitrogens with zero attached hydrogens (tertiary/aromatic N) is 1. The van der Waals surface area contributed by atoms with Crippen LogP contribution in [-0.2, 0) is 4.79 Å². The molecule has 2 rings (SSSR count). The summed E-state index contributed by atoms with van der Waals surface area (Å²) < 4.78 is 0. The van der Waals surface area contributed by atoms with E-state index in [1.165, 1.54) is 0 Å². The van der Waals surface area contributed by atoms with E-state index in [0.717, 1.165) is 24.9 Å². The number of hydrogen-bond acceptors (Lipinski definition) is 3. The molecule has 21 heavy (non-hydrogen) atoms. The van der Waals surface area contributed by atoms with Crippen LogP contribution in [0.2, 0.25) is 0 Å². The molecule has 1 fully saturated rings. The second-order valence-corrected chi connectivity index (χ2v) is 6.17. The van der Waals surface area contributed by atoms with Crippen LogP contribution in [0.15, 0.2) is 30.3 Å². The van der Waals surface area contributed by atoms with Crippen molar-refractivity contribution in [2.75, 3.05) is 13.6 Å². The lowest BCUT2D eigenvalue weighted by Crippen LogP contribution is -2.47. The van der Waals surface area contributed by atoms with Crippen molar-refractivity contribution in [2.45, 2.75) is 50.7 Å². The molecule has 1 aromatic rings. The number of amides is 1. The van der Waals surface area contributed by atoms with E-state index in [0.29, 0.717) is 24.9 Å². The summed E-state index contributed by atoms with van der Waals surface area (Å²) in [5.41, 5.74) is 7.23. The Kier molecular flexibility index (Phi) is 5.76. The van der Waals surface area contributed by atoms with Crippen molar-refractivity contribution in [3.05, 3.63) is 35.9 Å². The first-order chi connectivity index (χ1) is 10.1. The van der Waals surface area contributed by atoms with E-state index in [1.807, 2.05) is 30.3 Å². The van der Waals surface area contributed by atoms with Gasteiger partial charge in [-0.3, -0.25) is 4.79 Å². The minimum atomic E-state index is -0.0617. The maximum atomic E-state index is 12.1. The highest BCUT2D eigenvalue weighted by atomic mass is 16.1. The smallest absolute Gasteiger partial charge is 0.220 e. The number of carbonyl (C=O) groups excluding carboxylic acids is 1. The van der Waals surface area contributed by atoms with Gasteiger partial charge in [0.25, 0.3) is 0 Å². The second-order valence-electron chi connectivity index (χ2n) is 6.17. The molecule has 4 heteroatoms. The highest BCUT2D eigenvalue weighted by Gasteiger charge is 2.23. The first-order valence-corrected chi connectivity index (χ1v) is 7.86. The van der Waals surface area contributed by atoms with Crippen molar-refractivity contribution in [2.24, 2.45) is 5.73 Å². The quantitative estimate of drug-likeness (QED) is 0.872. The molecule has 0 aliphatic carbocycles. The number of rotatable bonds is 5. The summed E-state index contributed by atoms with van der Waals surface area (Å²) in [6, 6.07) is 10.8. The Labute approximate surface area is 127 Å². The number of nitrogens with two attached hydrogens (primary N) is 1. The summed E-state index contributed by atoms with van der Waals surface area (Å²) in [6.07, 6.45) is 3.26. The van der Waals surface area contributed by atoms with Crippen LogP contribution in [0.3, 0.4) is 0 Å². The van der Waals surface area contributed by atoms with E-state index >= 15 is 0 Å². The van der Waals surface area contributed by atoms with E-state index in [1.54, 1.807) is 0 Å². The van der Waals surface area contributed by atoms with Crippen LogP contribution < -0.4 is 11.1 Å². The molecule has 4 nitrogen and oxygen atoms in total. The summed E-state index contributed by atoms with van der Waals surface area (Å²) >= 11 is 0. The Bertz CT molecular complexity index is 449. The van der Waals surface area contributed by atoms with Gasteiger partial charge in [-0.2, -0.15) is 0 Å². The van der Waals surface area contributed by atoms with Crippen LogP contribution in [-0.4, -0.2) is 36.5 Å². The summed E-state index contributed by atoms with van der Waals surface area (Å²) in [4.78, 5) is 14.4. The van der Waals surface area contributed by atoms with E-state index < -0.39 is 0 Å². The topological polar surface area (TPSA) is 58.4 Å². The van der Waals surface area contributed by atoms with Crippen LogP contribution in [0, 0.1) is 0 Å². The fraction of sp³-hybridized carbons (Fsp3) is 0.588. The number of carbonyl (C=O) groups is 1. The highest BCUT2D eigenvalue weighted by molar-refractivity contribution is 5.76. The fourth-order valence-electron chi connectivity index (χ4n) is 2.87. The molecule has 0 radical (unpaired) electrons. The molecular formula is C17H27N3O. The number of hydrogen-bond donors (Lipinski definition) is 2. The van der Waals surface area contributed by atoms with Crippen LogP contribution in [0.25, 0.3) is 0 Å². The Balaban J connectivity index is 1.73. The van der Waals surface area contributed by atoms with Gasteiger partial charge in [-0.1, -0.05) is 30.3 Å². The average molecular weight is 289 g/mol. The van der Waals surface area contributed by atoms with Crippen LogP contribution in [0.5, 0.6) is 0 Å². The average Bonchev–Trinajstić information content (AvgIpc) is 2.49. The number of benzene rings is 1. The Morgan fingerprint density at radius 2 is 2.14 bits per heavy atom. The van der Waals surface area contributed by atoms with Gasteiger partial charge >= 0.3 is 0 Å². The molecule has 0 spiro atoms. The molecule has 116 valence electrons. The lowest BCUT2D eigenvalue weighted by Gasteiger charge is -2.35. The maximum absolute atomic E-state index is 12.1. The number of piperidine rings is 1. The summed E-state index contributed by atoms with van der Waals surface area (Å²) in [5.74, 6) is 0.128. The van der Waals surface area contributed by atoms with Crippen molar-refractivity contribution in [3.8, 4) is 0 Å². The molecular weight excluding hydrogens is 262 g/mol. The second kappa shape index (κ2) is 7.57. The fourth-order valence-corrected chi connectivity index (χ4v) is 2.87. The minimum absolute atomic E-state index is 0.0617. The van der Waals surface area contributed by atoms with Crippen LogP contribution in [0.1, 0.15) is 44.2 Å². The molecule has 3 unspecified atom stereocenters. The molecule has 3 N–H and O–H groups in total. The van der Waals surface area contributed by atoms with E-state index in [4.69, 9.17) is 5.73 Å². The SMILES string of the molecule is CC1CC(NC(=O)CCC(N)c2ccccc2)CCN1C. The van der Waals surface area contributed by atoms with Gasteiger partial charge in [0.2, 0.25) is 5.91 Å². The molecule has 3 atom stereocenters. The van der Waals surface area contributed by atoms with Gasteiger partial charge in [0.15, 0.2) is 0 Å². The van der Waals surface area contributed by atoms with Crippen molar-refractivity contribution in [1.29, 1.82) is 0 Å². The Hall–Kier alpha value is -1.39. The first-order valence-electron chi connectivity index (χ1n) is 7.86. The van der Waals surface area contributed by atoms with Crippen molar-refractivity contribution >= 4 is 5.91 Å². The van der Waals surface area contributed by atoms with Crippen LogP contribution >= 0.6 is 0 Å². The predicted octanol–water partition coefficient (Wildman–Crippen LogP) is 2.07. The third-order valence-electron chi connectivity index (χ3n) is 4.48. The van der Waals surface area contributed by atoms with Gasteiger partial charge in [-0.15, -0.1) is 0 Å². The number of likely N-dealkylation sites (tertiary alicyclic amines) is 1. The van der Waals surface area contributed by atoms with Gasteiger partial charge in [-0.25, -0.2) is 0 Å². The van der Waals surface area contributed by atoms with E-state index in [2.05, 4.69) is 24.2 Å². The molecule has 1 heterocycles. The zero-order valence-electron chi connectivity index (χ0n) is 13.1. The van der Waals surface area contributed by atoms with Crippen LogP contribution in [0.4, 0.5) is 0 Å². The van der Waals surface area contributed by atoms with Crippen molar-refractivity contribution in [1.82, 2.24) is 10.2 Å². The molecule has 1 aromatic carbocycles. The van der Waals surface area contributed by atoms with Gasteiger partial charge in [0, 0.05) is 31.1 Å². The highest BCUT2D eigenvalue weighted by Crippen LogP contribution is 2.17. The Morgan fingerprint density at radius 3 is 2.81 bits per heavy atom. The molecule has 1 saturated heterocycles. The zero-order valence-corrected chi connectivity index (χ0v) is 13.1. The number of nitrogens with one attached hydrogen (secondary N) is 1. The maximum Gasteiger partial charge on any atom is 0.220 e. The van der Waals surface area contributed by atoms with Gasteiger partial charge < -0.3 is 16.0 Å². The summed E-state index contributed by atoms with van der Waals surface area (Å²) in [7, 11) is 2.14. The van der Waals surface area contributed by atoms with Gasteiger partial charge in [0.05, 0.1) is 0 Å². The van der Waals surface area contributed by atoms with E-state index in [9.17, 15) is 4.79 Å². The first kappa shape index (κ1) is 16.0. The van der Waals surface area contributed by atoms with Gasteiger partial charge in [0.1, 0.15) is 0 Å². The summed E-state index contributed by atoms with van der Waals surface area (Å²) in [5, 5.41) is 3.16. The van der Waals surface area contributed by atoms with Crippen molar-refractivity contribution < 1.29 is 4.79 Å². The monoisotopic (exact) mass is 289 g/mol. The normalized spacial score (nSPS) is 24.5. The lowest BCUT2D eigenvalue weighted by atomic mass is 9.98. The van der Waals surface area contributed by atoms with Gasteiger partial charge in [-0.05, 0) is 38.8 Å². The Morgan fingerprint density at radius 1 is 1.43 bits per heavy atom.